The van der Waals surface area contributed by atoms with Crippen molar-refractivity contribution >= 4 is 11.6 Å². The van der Waals surface area contributed by atoms with Gasteiger partial charge >= 0.3 is 0 Å². The zero-order chi connectivity index (χ0) is 14.5. The van der Waals surface area contributed by atoms with E-state index in [0.717, 1.165) is 11.1 Å². The number of ether oxygens (including phenoxy) is 1. The summed E-state index contributed by atoms with van der Waals surface area (Å²) < 4.78 is 18.0. The van der Waals surface area contributed by atoms with Crippen molar-refractivity contribution in [3.63, 3.8) is 0 Å². The summed E-state index contributed by atoms with van der Waals surface area (Å²) in [6.07, 6.45) is 1.75. The Morgan fingerprint density at radius 1 is 1.35 bits per heavy atom. The van der Waals surface area contributed by atoms with Gasteiger partial charge in [-0.15, -0.1) is 0 Å². The second-order valence-electron chi connectivity index (χ2n) is 4.48. The van der Waals surface area contributed by atoms with Gasteiger partial charge in [-0.3, -0.25) is 0 Å². The Morgan fingerprint density at radius 3 is 2.75 bits per heavy atom. The maximum absolute atomic E-state index is 13.0. The lowest BCUT2D eigenvalue weighted by molar-refractivity contribution is 0.397. The van der Waals surface area contributed by atoms with Crippen molar-refractivity contribution in [2.75, 3.05) is 7.11 Å². The normalized spacial score (nSPS) is 12.2. The molecule has 0 radical (unpaired) electrons. The second kappa shape index (κ2) is 6.68. The molecule has 0 amide bonds. The highest BCUT2D eigenvalue weighted by atomic mass is 35.5. The molecule has 1 aromatic carbocycles. The number of hydrogen-bond acceptors (Lipinski definition) is 3. The maximum atomic E-state index is 13.0. The summed E-state index contributed by atoms with van der Waals surface area (Å²) in [5, 5.41) is 3.75. The van der Waals surface area contributed by atoms with E-state index in [1.807, 2.05) is 19.1 Å². The van der Waals surface area contributed by atoms with Crippen molar-refractivity contribution in [3.8, 4) is 5.88 Å². The Hall–Kier alpha value is -1.65. The highest BCUT2D eigenvalue weighted by molar-refractivity contribution is 6.31. The van der Waals surface area contributed by atoms with Crippen LogP contribution >= 0.6 is 11.6 Å². The van der Waals surface area contributed by atoms with Gasteiger partial charge in [0.1, 0.15) is 5.82 Å². The van der Waals surface area contributed by atoms with Gasteiger partial charge in [0.15, 0.2) is 0 Å². The summed E-state index contributed by atoms with van der Waals surface area (Å²) in [6.45, 7) is 2.63. The van der Waals surface area contributed by atoms with E-state index in [9.17, 15) is 4.39 Å². The lowest BCUT2D eigenvalue weighted by Crippen LogP contribution is -2.18. The van der Waals surface area contributed by atoms with Gasteiger partial charge < -0.3 is 10.1 Å². The van der Waals surface area contributed by atoms with Crippen molar-refractivity contribution in [2.45, 2.75) is 19.5 Å². The molecule has 0 fully saturated rings. The summed E-state index contributed by atoms with van der Waals surface area (Å²) in [5.74, 6) is 0.258. The van der Waals surface area contributed by atoms with Crippen LogP contribution in [0.3, 0.4) is 0 Å². The predicted octanol–water partition coefficient (Wildman–Crippen LogP) is 3.73. The minimum Gasteiger partial charge on any atom is -0.481 e. The predicted molar refractivity (Wildman–Crippen MR) is 77.5 cm³/mol. The Labute approximate surface area is 122 Å². The van der Waals surface area contributed by atoms with E-state index in [-0.39, 0.29) is 11.9 Å². The fraction of sp³-hybridized carbons (Fsp3) is 0.267. The molecule has 20 heavy (non-hydrogen) atoms. The van der Waals surface area contributed by atoms with Crippen molar-refractivity contribution in [1.82, 2.24) is 10.3 Å². The Balaban J connectivity index is 1.98. The van der Waals surface area contributed by atoms with E-state index in [1.165, 1.54) is 12.1 Å². The molecule has 1 atom stereocenters. The number of nitrogens with zero attached hydrogens (tertiary/aromatic N) is 1. The molecule has 1 unspecified atom stereocenters. The minimum absolute atomic E-state index is 0.0187. The first-order chi connectivity index (χ1) is 9.60. The van der Waals surface area contributed by atoms with Gasteiger partial charge in [0.05, 0.1) is 7.11 Å². The Morgan fingerprint density at radius 2 is 2.15 bits per heavy atom. The molecule has 0 aliphatic carbocycles. The lowest BCUT2D eigenvalue weighted by atomic mass is 10.1. The Kier molecular flexibility index (Phi) is 4.93. The van der Waals surface area contributed by atoms with E-state index in [4.69, 9.17) is 16.3 Å². The fourth-order valence-corrected chi connectivity index (χ4v) is 2.20. The van der Waals surface area contributed by atoms with E-state index in [2.05, 4.69) is 10.3 Å². The van der Waals surface area contributed by atoms with E-state index in [1.54, 1.807) is 19.4 Å². The third kappa shape index (κ3) is 3.68. The van der Waals surface area contributed by atoms with Gasteiger partial charge in [0, 0.05) is 29.9 Å². The lowest BCUT2D eigenvalue weighted by Gasteiger charge is -2.15. The number of pyridine rings is 1. The number of benzene rings is 1. The van der Waals surface area contributed by atoms with Crippen LogP contribution in [-0.4, -0.2) is 12.1 Å². The Bertz CT molecular complexity index is 575. The first-order valence-electron chi connectivity index (χ1n) is 6.27. The number of aromatic nitrogens is 1. The number of hydrogen-bond donors (Lipinski definition) is 1. The highest BCUT2D eigenvalue weighted by Crippen LogP contribution is 2.23. The molecule has 1 heterocycles. The average molecular weight is 295 g/mol. The minimum atomic E-state index is -0.328. The van der Waals surface area contributed by atoms with Crippen LogP contribution in [0.25, 0.3) is 0 Å². The summed E-state index contributed by atoms with van der Waals surface area (Å²) in [6, 6.07) is 8.20. The van der Waals surface area contributed by atoms with Crippen molar-refractivity contribution in [2.24, 2.45) is 0 Å². The number of rotatable bonds is 5. The summed E-state index contributed by atoms with van der Waals surface area (Å²) in [7, 11) is 1.58. The smallest absolute Gasteiger partial charge is 0.212 e. The van der Waals surface area contributed by atoms with Crippen LogP contribution in [0.5, 0.6) is 5.88 Å². The van der Waals surface area contributed by atoms with Gasteiger partial charge in [0.25, 0.3) is 0 Å². The van der Waals surface area contributed by atoms with Gasteiger partial charge in [-0.25, -0.2) is 9.37 Å². The topological polar surface area (TPSA) is 34.1 Å². The number of nitrogens with one attached hydrogen (secondary N) is 1. The third-order valence-corrected chi connectivity index (χ3v) is 3.38. The largest absolute Gasteiger partial charge is 0.481 e. The molecule has 5 heteroatoms. The van der Waals surface area contributed by atoms with Crippen molar-refractivity contribution in [3.05, 3.63) is 58.5 Å². The van der Waals surface area contributed by atoms with E-state index >= 15 is 0 Å². The molecule has 0 saturated heterocycles. The highest BCUT2D eigenvalue weighted by Gasteiger charge is 2.10. The van der Waals surface area contributed by atoms with E-state index < -0.39 is 0 Å². The molecule has 2 aromatic rings. The number of methoxy groups -OCH3 is 1. The van der Waals surface area contributed by atoms with Crippen LogP contribution in [0.2, 0.25) is 5.02 Å². The fourth-order valence-electron chi connectivity index (χ4n) is 1.87. The zero-order valence-electron chi connectivity index (χ0n) is 11.4. The average Bonchev–Trinajstić information content (AvgIpc) is 2.45. The van der Waals surface area contributed by atoms with Crippen molar-refractivity contribution < 1.29 is 9.13 Å². The SMILES string of the molecule is COc1ccc(CNC(C)c2ccc(F)cc2Cl)cn1. The van der Waals surface area contributed by atoms with Gasteiger partial charge in [-0.2, -0.15) is 0 Å². The van der Waals surface area contributed by atoms with Crippen LogP contribution in [0, 0.1) is 5.82 Å². The van der Waals surface area contributed by atoms with Crippen LogP contribution in [0.15, 0.2) is 36.5 Å². The molecule has 0 saturated carbocycles. The molecule has 106 valence electrons. The number of halogens is 2. The molecule has 0 bridgehead atoms. The van der Waals surface area contributed by atoms with Gasteiger partial charge in [-0.1, -0.05) is 23.7 Å². The molecule has 3 nitrogen and oxygen atoms in total. The summed E-state index contributed by atoms with van der Waals surface area (Å²) >= 11 is 6.04. The monoisotopic (exact) mass is 294 g/mol. The summed E-state index contributed by atoms with van der Waals surface area (Å²) in [5.41, 5.74) is 1.91. The first kappa shape index (κ1) is 14.8. The molecule has 2 rings (SSSR count). The summed E-state index contributed by atoms with van der Waals surface area (Å²) in [4.78, 5) is 4.14. The quantitative estimate of drug-likeness (QED) is 0.912. The molecule has 1 N–H and O–H groups in total. The van der Waals surface area contributed by atoms with E-state index in [0.29, 0.717) is 17.4 Å². The molecule has 0 aliphatic heterocycles. The van der Waals surface area contributed by atoms with Crippen LogP contribution in [0.1, 0.15) is 24.1 Å². The van der Waals surface area contributed by atoms with Gasteiger partial charge in [0.2, 0.25) is 5.88 Å². The third-order valence-electron chi connectivity index (χ3n) is 3.05. The molecule has 1 aromatic heterocycles. The standard InChI is InChI=1S/C15H16ClFN2O/c1-10(13-5-4-12(17)7-14(13)16)18-8-11-3-6-15(20-2)19-9-11/h3-7,9-10,18H,8H2,1-2H3. The molecule has 0 spiro atoms. The van der Waals surface area contributed by atoms with Crippen molar-refractivity contribution in [1.29, 1.82) is 0 Å². The van der Waals surface area contributed by atoms with Crippen LogP contribution < -0.4 is 10.1 Å². The first-order valence-corrected chi connectivity index (χ1v) is 6.65. The van der Waals surface area contributed by atoms with Crippen LogP contribution in [-0.2, 0) is 6.54 Å². The molecule has 0 aliphatic rings. The maximum Gasteiger partial charge on any atom is 0.212 e. The van der Waals surface area contributed by atoms with Gasteiger partial charge in [-0.05, 0) is 30.2 Å². The molecular weight excluding hydrogens is 279 g/mol. The zero-order valence-corrected chi connectivity index (χ0v) is 12.1. The second-order valence-corrected chi connectivity index (χ2v) is 4.88. The molecular formula is C15H16ClFN2O. The van der Waals surface area contributed by atoms with Crippen LogP contribution in [0.4, 0.5) is 4.39 Å².